The molecule has 1 heterocycles. The van der Waals surface area contributed by atoms with Gasteiger partial charge in [-0.2, -0.15) is 0 Å². The Morgan fingerprint density at radius 3 is 2.61 bits per heavy atom. The molecule has 2 unspecified atom stereocenters. The number of hydrogen-bond acceptors (Lipinski definition) is 2. The van der Waals surface area contributed by atoms with E-state index in [2.05, 4.69) is 43.8 Å². The van der Waals surface area contributed by atoms with Gasteiger partial charge in [-0.25, -0.2) is 0 Å². The molecule has 1 N–H and O–H groups in total. The average molecular weight is 250 g/mol. The topological polar surface area (TPSA) is 15.3 Å². The minimum absolute atomic E-state index is 0.658. The minimum Gasteiger partial charge on any atom is -0.311 e. The highest BCUT2D eigenvalue weighted by atomic mass is 15.2. The van der Waals surface area contributed by atoms with E-state index in [1.807, 2.05) is 0 Å². The minimum atomic E-state index is 0.658. The van der Waals surface area contributed by atoms with Gasteiger partial charge in [0.15, 0.2) is 0 Å². The summed E-state index contributed by atoms with van der Waals surface area (Å²) >= 11 is 0. The lowest BCUT2D eigenvalue weighted by Crippen LogP contribution is -2.58. The fourth-order valence-electron chi connectivity index (χ4n) is 2.93. The standard InChI is InChI=1S/C16H30N2/c1-6-7-8-9-18-12-15(10-13(2)3)17-11-16(18)14(4)5/h1,13-17H,7-12H2,2-5H3. The van der Waals surface area contributed by atoms with Crippen molar-refractivity contribution >= 4 is 0 Å². The Labute approximate surface area is 114 Å². The molecule has 0 radical (unpaired) electrons. The lowest BCUT2D eigenvalue weighted by atomic mass is 9.94. The zero-order valence-corrected chi connectivity index (χ0v) is 12.6. The molecule has 0 aromatic heterocycles. The van der Waals surface area contributed by atoms with Crippen LogP contribution < -0.4 is 5.32 Å². The third-order valence-corrected chi connectivity index (χ3v) is 3.83. The van der Waals surface area contributed by atoms with Gasteiger partial charge in [-0.1, -0.05) is 27.7 Å². The van der Waals surface area contributed by atoms with Crippen LogP contribution in [0.25, 0.3) is 0 Å². The number of nitrogens with one attached hydrogen (secondary N) is 1. The molecule has 2 nitrogen and oxygen atoms in total. The van der Waals surface area contributed by atoms with Crippen LogP contribution in [0.15, 0.2) is 0 Å². The first-order valence-corrected chi connectivity index (χ1v) is 7.45. The van der Waals surface area contributed by atoms with E-state index < -0.39 is 0 Å². The van der Waals surface area contributed by atoms with Crippen LogP contribution in [-0.4, -0.2) is 36.6 Å². The van der Waals surface area contributed by atoms with E-state index in [1.54, 1.807) is 0 Å². The number of hydrogen-bond donors (Lipinski definition) is 1. The van der Waals surface area contributed by atoms with Crippen molar-refractivity contribution in [2.24, 2.45) is 11.8 Å². The zero-order valence-electron chi connectivity index (χ0n) is 12.6. The molecule has 18 heavy (non-hydrogen) atoms. The first kappa shape index (κ1) is 15.5. The summed E-state index contributed by atoms with van der Waals surface area (Å²) in [6.45, 7) is 12.7. The smallest absolute Gasteiger partial charge is 0.0244 e. The maximum atomic E-state index is 5.35. The highest BCUT2D eigenvalue weighted by Gasteiger charge is 2.29. The molecular weight excluding hydrogens is 220 g/mol. The SMILES string of the molecule is C#CCCCN1CC(CC(C)C)NCC1C(C)C. The number of unbranched alkanes of at least 4 members (excludes halogenated alkanes) is 1. The van der Waals surface area contributed by atoms with Gasteiger partial charge in [-0.15, -0.1) is 12.3 Å². The predicted octanol–water partition coefficient (Wildman–Crippen LogP) is 2.74. The molecule has 2 atom stereocenters. The number of rotatable bonds is 6. The van der Waals surface area contributed by atoms with Gasteiger partial charge in [-0.3, -0.25) is 4.90 Å². The molecule has 1 saturated heterocycles. The van der Waals surface area contributed by atoms with Crippen molar-refractivity contribution in [1.29, 1.82) is 0 Å². The Morgan fingerprint density at radius 1 is 1.33 bits per heavy atom. The molecular formula is C16H30N2. The largest absolute Gasteiger partial charge is 0.311 e. The summed E-state index contributed by atoms with van der Waals surface area (Å²) in [6.07, 6.45) is 8.66. The fourth-order valence-corrected chi connectivity index (χ4v) is 2.93. The molecule has 0 saturated carbocycles. The molecule has 0 aliphatic carbocycles. The molecule has 0 amide bonds. The van der Waals surface area contributed by atoms with Gasteiger partial charge in [0, 0.05) is 31.6 Å². The maximum Gasteiger partial charge on any atom is 0.0244 e. The van der Waals surface area contributed by atoms with E-state index >= 15 is 0 Å². The van der Waals surface area contributed by atoms with Crippen molar-refractivity contribution in [2.45, 2.75) is 59.0 Å². The number of piperazine rings is 1. The molecule has 0 spiro atoms. The van der Waals surface area contributed by atoms with Gasteiger partial charge in [0.2, 0.25) is 0 Å². The molecule has 104 valence electrons. The Hall–Kier alpha value is -0.520. The monoisotopic (exact) mass is 250 g/mol. The second kappa shape index (κ2) is 7.81. The molecule has 2 heteroatoms. The quantitative estimate of drug-likeness (QED) is 0.576. The summed E-state index contributed by atoms with van der Waals surface area (Å²) in [6, 6.07) is 1.33. The third-order valence-electron chi connectivity index (χ3n) is 3.83. The van der Waals surface area contributed by atoms with Gasteiger partial charge in [-0.05, 0) is 31.2 Å². The highest BCUT2D eigenvalue weighted by molar-refractivity contribution is 4.89. The molecule has 0 bridgehead atoms. The van der Waals surface area contributed by atoms with Crippen molar-refractivity contribution in [3.05, 3.63) is 0 Å². The summed E-state index contributed by atoms with van der Waals surface area (Å²) in [7, 11) is 0. The molecule has 0 aromatic rings. The lowest BCUT2D eigenvalue weighted by molar-refractivity contribution is 0.0915. The number of terminal acetylenes is 1. The van der Waals surface area contributed by atoms with Crippen molar-refractivity contribution in [1.82, 2.24) is 10.2 Å². The first-order valence-electron chi connectivity index (χ1n) is 7.45. The van der Waals surface area contributed by atoms with Gasteiger partial charge < -0.3 is 5.32 Å². The Morgan fingerprint density at radius 2 is 2.06 bits per heavy atom. The average Bonchev–Trinajstić information content (AvgIpc) is 2.28. The first-order chi connectivity index (χ1) is 8.54. The van der Waals surface area contributed by atoms with Crippen molar-refractivity contribution in [2.75, 3.05) is 19.6 Å². The van der Waals surface area contributed by atoms with E-state index in [-0.39, 0.29) is 0 Å². The third kappa shape index (κ3) is 5.00. The molecule has 0 aromatic carbocycles. The molecule has 1 fully saturated rings. The predicted molar refractivity (Wildman–Crippen MR) is 79.5 cm³/mol. The molecule has 1 aliphatic rings. The van der Waals surface area contributed by atoms with Crippen LogP contribution in [0, 0.1) is 24.2 Å². The second-order valence-electron chi connectivity index (χ2n) is 6.35. The van der Waals surface area contributed by atoms with E-state index in [0.29, 0.717) is 18.0 Å². The van der Waals surface area contributed by atoms with Crippen molar-refractivity contribution in [3.8, 4) is 12.3 Å². The van der Waals surface area contributed by atoms with E-state index in [9.17, 15) is 0 Å². The molecule has 1 aliphatic heterocycles. The highest BCUT2D eigenvalue weighted by Crippen LogP contribution is 2.18. The second-order valence-corrected chi connectivity index (χ2v) is 6.35. The van der Waals surface area contributed by atoms with Crippen LogP contribution in [0.2, 0.25) is 0 Å². The van der Waals surface area contributed by atoms with E-state index in [1.165, 1.54) is 13.0 Å². The van der Waals surface area contributed by atoms with Gasteiger partial charge in [0.25, 0.3) is 0 Å². The van der Waals surface area contributed by atoms with Crippen molar-refractivity contribution in [3.63, 3.8) is 0 Å². The number of nitrogens with zero attached hydrogens (tertiary/aromatic N) is 1. The van der Waals surface area contributed by atoms with E-state index in [4.69, 9.17) is 6.42 Å². The van der Waals surface area contributed by atoms with Crippen molar-refractivity contribution < 1.29 is 0 Å². The fraction of sp³-hybridized carbons (Fsp3) is 0.875. The summed E-state index contributed by atoms with van der Waals surface area (Å²) in [5, 5.41) is 3.72. The normalized spacial score (nSPS) is 25.6. The Bertz CT molecular complexity index is 265. The lowest BCUT2D eigenvalue weighted by Gasteiger charge is -2.43. The van der Waals surface area contributed by atoms with Crippen LogP contribution in [-0.2, 0) is 0 Å². The summed E-state index contributed by atoms with van der Waals surface area (Å²) < 4.78 is 0. The van der Waals surface area contributed by atoms with Crippen LogP contribution in [0.4, 0.5) is 0 Å². The van der Waals surface area contributed by atoms with Crippen LogP contribution in [0.5, 0.6) is 0 Å². The Kier molecular flexibility index (Phi) is 6.75. The summed E-state index contributed by atoms with van der Waals surface area (Å²) in [5.41, 5.74) is 0. The van der Waals surface area contributed by atoms with Crippen LogP contribution in [0.1, 0.15) is 47.0 Å². The summed E-state index contributed by atoms with van der Waals surface area (Å²) in [5.74, 6) is 4.23. The van der Waals surface area contributed by atoms with Crippen LogP contribution in [0.3, 0.4) is 0 Å². The molecule has 1 rings (SSSR count). The van der Waals surface area contributed by atoms with Crippen LogP contribution >= 0.6 is 0 Å². The van der Waals surface area contributed by atoms with Gasteiger partial charge in [0.1, 0.15) is 0 Å². The van der Waals surface area contributed by atoms with Gasteiger partial charge in [0.05, 0.1) is 0 Å². The Balaban J connectivity index is 2.50. The van der Waals surface area contributed by atoms with Gasteiger partial charge >= 0.3 is 0 Å². The zero-order chi connectivity index (χ0) is 13.5. The van der Waals surface area contributed by atoms with E-state index in [0.717, 1.165) is 31.8 Å². The summed E-state index contributed by atoms with van der Waals surface area (Å²) in [4.78, 5) is 2.66. The maximum absolute atomic E-state index is 5.35.